The van der Waals surface area contributed by atoms with Crippen LogP contribution < -0.4 is 5.43 Å². The van der Waals surface area contributed by atoms with E-state index in [1.54, 1.807) is 6.07 Å². The summed E-state index contributed by atoms with van der Waals surface area (Å²) >= 11 is 0. The minimum atomic E-state index is -0.193. The predicted molar refractivity (Wildman–Crippen MR) is 83.3 cm³/mol. The van der Waals surface area contributed by atoms with E-state index in [1.165, 1.54) is 26.2 Å². The molecule has 5 nitrogen and oxygen atoms in total. The van der Waals surface area contributed by atoms with Crippen molar-refractivity contribution in [3.05, 3.63) is 29.3 Å². The summed E-state index contributed by atoms with van der Waals surface area (Å²) in [6.07, 6.45) is 3.75. The van der Waals surface area contributed by atoms with E-state index in [9.17, 15) is 9.90 Å². The van der Waals surface area contributed by atoms with Crippen LogP contribution in [-0.4, -0.2) is 34.7 Å². The summed E-state index contributed by atoms with van der Waals surface area (Å²) in [5.41, 5.74) is 4.98. The first-order valence-corrected chi connectivity index (χ1v) is 7.42. The number of rotatable bonds is 4. The molecule has 0 aromatic heterocycles. The molecule has 0 saturated carbocycles. The van der Waals surface area contributed by atoms with Gasteiger partial charge in [-0.3, -0.25) is 9.69 Å². The van der Waals surface area contributed by atoms with Crippen molar-refractivity contribution < 1.29 is 9.90 Å². The number of aromatic hydroxyl groups is 1. The normalized spacial score (nSPS) is 16.8. The highest BCUT2D eigenvalue weighted by molar-refractivity contribution is 5.99. The van der Waals surface area contributed by atoms with Crippen molar-refractivity contribution >= 4 is 11.6 Å². The lowest BCUT2D eigenvalue weighted by molar-refractivity contribution is -0.118. The van der Waals surface area contributed by atoms with Crippen LogP contribution in [0.15, 0.2) is 23.3 Å². The van der Waals surface area contributed by atoms with E-state index in [-0.39, 0.29) is 5.91 Å². The highest BCUT2D eigenvalue weighted by Gasteiger charge is 2.13. The summed E-state index contributed by atoms with van der Waals surface area (Å²) in [4.78, 5) is 13.3. The average Bonchev–Trinajstić information content (AvgIpc) is 2.48. The number of likely N-dealkylation sites (tertiary alicyclic amines) is 1. The molecule has 0 spiro atoms. The molecule has 0 bridgehead atoms. The van der Waals surface area contributed by atoms with Gasteiger partial charge in [0.1, 0.15) is 5.75 Å². The topological polar surface area (TPSA) is 64.9 Å². The molecule has 21 heavy (non-hydrogen) atoms. The fourth-order valence-corrected chi connectivity index (χ4v) is 2.52. The van der Waals surface area contributed by atoms with Gasteiger partial charge in [0.25, 0.3) is 0 Å². The van der Waals surface area contributed by atoms with Crippen molar-refractivity contribution in [2.75, 3.05) is 13.1 Å². The number of amides is 1. The maximum Gasteiger partial charge on any atom is 0.236 e. The second kappa shape index (κ2) is 7.22. The van der Waals surface area contributed by atoms with Crippen LogP contribution in [0.4, 0.5) is 0 Å². The number of piperidine rings is 1. The molecule has 0 aliphatic carbocycles. The van der Waals surface area contributed by atoms with Gasteiger partial charge in [-0.2, -0.15) is 5.10 Å². The Kier molecular flexibility index (Phi) is 5.33. The largest absolute Gasteiger partial charge is 0.508 e. The van der Waals surface area contributed by atoms with Crippen molar-refractivity contribution in [3.8, 4) is 5.75 Å². The van der Waals surface area contributed by atoms with Crippen molar-refractivity contribution in [2.24, 2.45) is 5.10 Å². The van der Waals surface area contributed by atoms with Crippen LogP contribution in [0.2, 0.25) is 0 Å². The molecule has 0 atom stereocenters. The molecule has 2 N–H and O–H groups in total. The van der Waals surface area contributed by atoms with Gasteiger partial charge in [-0.05, 0) is 56.6 Å². The number of hydrazone groups is 1. The summed E-state index contributed by atoms with van der Waals surface area (Å²) in [6.45, 7) is 6.20. The molecule has 1 aromatic rings. The van der Waals surface area contributed by atoms with E-state index in [1.807, 2.05) is 19.1 Å². The number of benzene rings is 1. The van der Waals surface area contributed by atoms with Gasteiger partial charge in [-0.25, -0.2) is 5.43 Å². The van der Waals surface area contributed by atoms with Crippen LogP contribution in [0.3, 0.4) is 0 Å². The third-order valence-electron chi connectivity index (χ3n) is 3.72. The summed E-state index contributed by atoms with van der Waals surface area (Å²) in [7, 11) is 0. The van der Waals surface area contributed by atoms with Gasteiger partial charge in [-0.1, -0.05) is 6.42 Å². The zero-order valence-electron chi connectivity index (χ0n) is 12.7. The average molecular weight is 289 g/mol. The monoisotopic (exact) mass is 289 g/mol. The van der Waals surface area contributed by atoms with Gasteiger partial charge < -0.3 is 5.11 Å². The molecule has 114 valence electrons. The molecular formula is C16H23N3O2. The molecule has 1 saturated heterocycles. The zero-order valence-corrected chi connectivity index (χ0v) is 12.7. The molecule has 0 radical (unpaired) electrons. The standard InChI is InChI=1S/C16H23N3O2/c1-12(17-18-13(2)20)14-6-7-16(21)15(10-14)11-19-8-4-3-5-9-19/h6-7,10,21H,3-5,8-9,11H2,1-2H3,(H,18,20)/b17-12+. The second-order valence-corrected chi connectivity index (χ2v) is 5.55. The van der Waals surface area contributed by atoms with Gasteiger partial charge in [-0.15, -0.1) is 0 Å². The number of carbonyl (C=O) groups excluding carboxylic acids is 1. The van der Waals surface area contributed by atoms with Gasteiger partial charge in [0.15, 0.2) is 0 Å². The minimum absolute atomic E-state index is 0.193. The Morgan fingerprint density at radius 1 is 1.29 bits per heavy atom. The Hall–Kier alpha value is -1.88. The molecule has 5 heteroatoms. The molecule has 1 amide bonds. The van der Waals surface area contributed by atoms with Gasteiger partial charge in [0.05, 0.1) is 5.71 Å². The maximum absolute atomic E-state index is 10.9. The van der Waals surface area contributed by atoms with Crippen LogP contribution in [-0.2, 0) is 11.3 Å². The lowest BCUT2D eigenvalue weighted by Crippen LogP contribution is -2.29. The lowest BCUT2D eigenvalue weighted by atomic mass is 10.0. The number of hydrogen-bond acceptors (Lipinski definition) is 4. The van der Waals surface area contributed by atoms with E-state index >= 15 is 0 Å². The Labute approximate surface area is 125 Å². The highest BCUT2D eigenvalue weighted by atomic mass is 16.3. The first-order valence-electron chi connectivity index (χ1n) is 7.42. The quantitative estimate of drug-likeness (QED) is 0.660. The second-order valence-electron chi connectivity index (χ2n) is 5.55. The molecule has 0 unspecified atom stereocenters. The molecule has 2 rings (SSSR count). The number of nitrogens with zero attached hydrogens (tertiary/aromatic N) is 2. The summed E-state index contributed by atoms with van der Waals surface area (Å²) in [5, 5.41) is 14.1. The van der Waals surface area contributed by atoms with Crippen LogP contribution in [0.5, 0.6) is 5.75 Å². The van der Waals surface area contributed by atoms with Gasteiger partial charge in [0, 0.05) is 19.0 Å². The molecular weight excluding hydrogens is 266 g/mol. The lowest BCUT2D eigenvalue weighted by Gasteiger charge is -2.26. The number of phenols is 1. The third kappa shape index (κ3) is 4.56. The summed E-state index contributed by atoms with van der Waals surface area (Å²) < 4.78 is 0. The Balaban J connectivity index is 2.12. The summed E-state index contributed by atoms with van der Waals surface area (Å²) in [5.74, 6) is 0.123. The summed E-state index contributed by atoms with van der Waals surface area (Å²) in [6, 6.07) is 5.46. The van der Waals surface area contributed by atoms with Crippen LogP contribution in [0, 0.1) is 0 Å². The SMILES string of the molecule is CC(=O)N/N=C(\C)c1ccc(O)c(CN2CCCCC2)c1. The van der Waals surface area contributed by atoms with E-state index in [0.717, 1.165) is 36.5 Å². The molecule has 1 fully saturated rings. The Bertz CT molecular complexity index is 534. The van der Waals surface area contributed by atoms with Crippen molar-refractivity contribution in [2.45, 2.75) is 39.7 Å². The number of nitrogens with one attached hydrogen (secondary N) is 1. The van der Waals surface area contributed by atoms with Gasteiger partial charge in [0.2, 0.25) is 5.91 Å². The van der Waals surface area contributed by atoms with E-state index in [4.69, 9.17) is 0 Å². The number of hydrogen-bond donors (Lipinski definition) is 2. The predicted octanol–water partition coefficient (Wildman–Crippen LogP) is 2.24. The number of carbonyl (C=O) groups is 1. The van der Waals surface area contributed by atoms with Crippen LogP contribution >= 0.6 is 0 Å². The first kappa shape index (κ1) is 15.5. The molecule has 1 aliphatic rings. The van der Waals surface area contributed by atoms with E-state index < -0.39 is 0 Å². The van der Waals surface area contributed by atoms with Crippen LogP contribution in [0.1, 0.15) is 44.2 Å². The number of phenolic OH excluding ortho intramolecular Hbond substituents is 1. The maximum atomic E-state index is 10.9. The van der Waals surface area contributed by atoms with Gasteiger partial charge >= 0.3 is 0 Å². The fourth-order valence-electron chi connectivity index (χ4n) is 2.52. The molecule has 1 aromatic carbocycles. The third-order valence-corrected chi connectivity index (χ3v) is 3.72. The fraction of sp³-hybridized carbons (Fsp3) is 0.500. The smallest absolute Gasteiger partial charge is 0.236 e. The van der Waals surface area contributed by atoms with Crippen molar-refractivity contribution in [1.82, 2.24) is 10.3 Å². The van der Waals surface area contributed by atoms with Crippen molar-refractivity contribution in [3.63, 3.8) is 0 Å². The Morgan fingerprint density at radius 2 is 2.00 bits per heavy atom. The van der Waals surface area contributed by atoms with E-state index in [0.29, 0.717) is 5.75 Å². The van der Waals surface area contributed by atoms with Crippen LogP contribution in [0.25, 0.3) is 0 Å². The van der Waals surface area contributed by atoms with Crippen molar-refractivity contribution in [1.29, 1.82) is 0 Å². The first-order chi connectivity index (χ1) is 10.1. The minimum Gasteiger partial charge on any atom is -0.508 e. The molecule has 1 heterocycles. The Morgan fingerprint density at radius 3 is 2.67 bits per heavy atom. The highest BCUT2D eigenvalue weighted by Crippen LogP contribution is 2.22. The zero-order chi connectivity index (χ0) is 15.2. The van der Waals surface area contributed by atoms with E-state index in [2.05, 4.69) is 15.4 Å². The molecule has 1 aliphatic heterocycles.